The highest BCUT2D eigenvalue weighted by Gasteiger charge is 2.20. The molecule has 6 nitrogen and oxygen atoms in total. The minimum atomic E-state index is -0.514. The Bertz CT molecular complexity index is 1320. The van der Waals surface area contributed by atoms with Crippen LogP contribution in [0.3, 0.4) is 0 Å². The number of ether oxygens (including phenoxy) is 2. The second-order valence-electron chi connectivity index (χ2n) is 6.96. The van der Waals surface area contributed by atoms with Gasteiger partial charge >= 0.3 is 11.6 Å². The molecule has 0 spiro atoms. The van der Waals surface area contributed by atoms with E-state index < -0.39 is 11.6 Å². The van der Waals surface area contributed by atoms with Crippen molar-refractivity contribution in [2.75, 3.05) is 7.11 Å². The number of hydrogen-bond acceptors (Lipinski definition) is 6. The average molecular weight is 403 g/mol. The number of pyridine rings is 1. The van der Waals surface area contributed by atoms with E-state index in [-0.39, 0.29) is 6.61 Å². The van der Waals surface area contributed by atoms with Crippen LogP contribution in [0.25, 0.3) is 21.9 Å². The highest BCUT2D eigenvalue weighted by molar-refractivity contribution is 5.98. The van der Waals surface area contributed by atoms with Crippen molar-refractivity contribution in [1.82, 2.24) is 4.98 Å². The molecule has 0 aliphatic carbocycles. The molecule has 0 radical (unpaired) electrons. The van der Waals surface area contributed by atoms with Crippen molar-refractivity contribution in [3.8, 4) is 5.75 Å². The van der Waals surface area contributed by atoms with Gasteiger partial charge in [-0.15, -0.1) is 0 Å². The maximum Gasteiger partial charge on any atom is 0.340 e. The summed E-state index contributed by atoms with van der Waals surface area (Å²) < 4.78 is 16.0. The Morgan fingerprint density at radius 3 is 2.67 bits per heavy atom. The molecule has 0 amide bonds. The van der Waals surface area contributed by atoms with Crippen molar-refractivity contribution >= 4 is 27.8 Å². The first-order valence-electron chi connectivity index (χ1n) is 9.68. The second kappa shape index (κ2) is 7.99. The molecule has 2 aromatic carbocycles. The highest BCUT2D eigenvalue weighted by Crippen LogP contribution is 2.26. The number of methoxy groups -OCH3 is 1. The number of nitrogens with zero attached hydrogens (tertiary/aromatic N) is 1. The summed E-state index contributed by atoms with van der Waals surface area (Å²) in [6.07, 6.45) is 0.605. The molecule has 4 rings (SSSR count). The predicted molar refractivity (Wildman–Crippen MR) is 114 cm³/mol. The van der Waals surface area contributed by atoms with Crippen LogP contribution in [0.1, 0.15) is 34.1 Å². The van der Waals surface area contributed by atoms with E-state index in [1.165, 1.54) is 13.2 Å². The van der Waals surface area contributed by atoms with Crippen LogP contribution in [0.15, 0.2) is 57.7 Å². The van der Waals surface area contributed by atoms with Crippen molar-refractivity contribution in [3.05, 3.63) is 81.3 Å². The summed E-state index contributed by atoms with van der Waals surface area (Å²) in [6.45, 7) is 3.80. The fourth-order valence-electron chi connectivity index (χ4n) is 3.64. The number of rotatable bonds is 5. The molecule has 0 atom stereocenters. The van der Waals surface area contributed by atoms with Crippen molar-refractivity contribution in [2.24, 2.45) is 0 Å². The molecule has 0 saturated carbocycles. The first-order chi connectivity index (χ1) is 14.5. The maximum atomic E-state index is 13.0. The zero-order valence-electron chi connectivity index (χ0n) is 17.0. The fourth-order valence-corrected chi connectivity index (χ4v) is 3.64. The summed E-state index contributed by atoms with van der Waals surface area (Å²) in [5.74, 6) is 0.114. The standard InChI is InChI=1S/C24H21NO5/c1-4-19-23(14(2)17-7-5-6-8-20(17)25-19)24(27)29-13-15-11-22(26)30-21-12-16(28-3)9-10-18(15)21/h5-12H,4,13H2,1-3H3. The van der Waals surface area contributed by atoms with E-state index in [4.69, 9.17) is 13.9 Å². The minimum absolute atomic E-state index is 0.0529. The van der Waals surface area contributed by atoms with Gasteiger partial charge in [-0.3, -0.25) is 4.98 Å². The SMILES string of the molecule is CCc1nc2ccccc2c(C)c1C(=O)OCc1cc(=O)oc2cc(OC)ccc12. The van der Waals surface area contributed by atoms with E-state index in [1.807, 2.05) is 38.1 Å². The lowest BCUT2D eigenvalue weighted by atomic mass is 10.0. The smallest absolute Gasteiger partial charge is 0.340 e. The lowest BCUT2D eigenvalue weighted by molar-refractivity contribution is 0.0471. The first-order valence-corrected chi connectivity index (χ1v) is 9.68. The minimum Gasteiger partial charge on any atom is -0.497 e. The Balaban J connectivity index is 1.69. The molecule has 0 aliphatic heterocycles. The van der Waals surface area contributed by atoms with E-state index in [9.17, 15) is 9.59 Å². The molecule has 0 bridgehead atoms. The molecule has 30 heavy (non-hydrogen) atoms. The largest absolute Gasteiger partial charge is 0.497 e. The molecule has 0 saturated heterocycles. The van der Waals surface area contributed by atoms with Crippen LogP contribution in [0.4, 0.5) is 0 Å². The van der Waals surface area contributed by atoms with Gasteiger partial charge in [-0.05, 0) is 37.1 Å². The molecule has 0 N–H and O–H groups in total. The normalized spacial score (nSPS) is 11.0. The number of aromatic nitrogens is 1. The molecular formula is C24H21NO5. The maximum absolute atomic E-state index is 13.0. The predicted octanol–water partition coefficient (Wildman–Crippen LogP) is 4.58. The van der Waals surface area contributed by atoms with Crippen molar-refractivity contribution < 1.29 is 18.7 Å². The van der Waals surface area contributed by atoms with Crippen LogP contribution in [0, 0.1) is 6.92 Å². The molecule has 4 aromatic rings. The molecule has 2 aromatic heterocycles. The van der Waals surface area contributed by atoms with Crippen molar-refractivity contribution in [1.29, 1.82) is 0 Å². The molecule has 2 heterocycles. The van der Waals surface area contributed by atoms with Gasteiger partial charge in [0, 0.05) is 28.5 Å². The Morgan fingerprint density at radius 2 is 1.90 bits per heavy atom. The van der Waals surface area contributed by atoms with E-state index in [2.05, 4.69) is 4.98 Å². The van der Waals surface area contributed by atoms with Crippen molar-refractivity contribution in [3.63, 3.8) is 0 Å². The summed E-state index contributed by atoms with van der Waals surface area (Å²) in [7, 11) is 1.54. The van der Waals surface area contributed by atoms with Gasteiger partial charge in [0.15, 0.2) is 0 Å². The molecular weight excluding hydrogens is 382 g/mol. The summed E-state index contributed by atoms with van der Waals surface area (Å²) in [4.78, 5) is 29.6. The van der Waals surface area contributed by atoms with Gasteiger partial charge in [0.1, 0.15) is 17.9 Å². The third kappa shape index (κ3) is 3.52. The van der Waals surface area contributed by atoms with Crippen LogP contribution in [0.2, 0.25) is 0 Å². The lowest BCUT2D eigenvalue weighted by Gasteiger charge is -2.14. The number of hydrogen-bond donors (Lipinski definition) is 0. The third-order valence-corrected chi connectivity index (χ3v) is 5.16. The number of carbonyl (C=O) groups excluding carboxylic acids is 1. The number of para-hydroxylation sites is 1. The number of fused-ring (bicyclic) bond motifs is 2. The van der Waals surface area contributed by atoms with Crippen LogP contribution >= 0.6 is 0 Å². The average Bonchev–Trinajstić information content (AvgIpc) is 2.76. The molecule has 6 heteroatoms. The summed E-state index contributed by atoms with van der Waals surface area (Å²) in [5, 5.41) is 1.60. The summed E-state index contributed by atoms with van der Waals surface area (Å²) in [6, 6.07) is 14.2. The topological polar surface area (TPSA) is 78.6 Å². The molecule has 0 unspecified atom stereocenters. The molecule has 152 valence electrons. The van der Waals surface area contributed by atoms with E-state index >= 15 is 0 Å². The first kappa shape index (κ1) is 19.6. The molecule has 0 fully saturated rings. The number of benzene rings is 2. The summed E-state index contributed by atoms with van der Waals surface area (Å²) >= 11 is 0. The zero-order valence-corrected chi connectivity index (χ0v) is 17.0. The number of esters is 1. The highest BCUT2D eigenvalue weighted by atomic mass is 16.5. The number of carbonyl (C=O) groups is 1. The summed E-state index contributed by atoms with van der Waals surface area (Å²) in [5.41, 5.74) is 3.30. The van der Waals surface area contributed by atoms with Gasteiger partial charge in [-0.2, -0.15) is 0 Å². The number of aryl methyl sites for hydroxylation is 2. The van der Waals surface area contributed by atoms with Crippen LogP contribution in [-0.2, 0) is 17.8 Å². The Kier molecular flexibility index (Phi) is 5.23. The van der Waals surface area contributed by atoms with Crippen LogP contribution in [-0.4, -0.2) is 18.1 Å². The van der Waals surface area contributed by atoms with Gasteiger partial charge < -0.3 is 13.9 Å². The van der Waals surface area contributed by atoms with E-state index in [1.54, 1.807) is 18.2 Å². The second-order valence-corrected chi connectivity index (χ2v) is 6.96. The Morgan fingerprint density at radius 1 is 1.10 bits per heavy atom. The molecule has 0 aliphatic rings. The quantitative estimate of drug-likeness (QED) is 0.359. The van der Waals surface area contributed by atoms with Crippen LogP contribution in [0.5, 0.6) is 5.75 Å². The van der Waals surface area contributed by atoms with Gasteiger partial charge in [0.25, 0.3) is 0 Å². The Hall–Kier alpha value is -3.67. The monoisotopic (exact) mass is 403 g/mol. The van der Waals surface area contributed by atoms with Gasteiger partial charge in [-0.1, -0.05) is 25.1 Å². The fraction of sp³-hybridized carbons (Fsp3) is 0.208. The van der Waals surface area contributed by atoms with E-state index in [0.717, 1.165) is 16.5 Å². The third-order valence-electron chi connectivity index (χ3n) is 5.16. The van der Waals surface area contributed by atoms with Gasteiger partial charge in [0.05, 0.1) is 23.9 Å². The van der Waals surface area contributed by atoms with E-state index in [0.29, 0.717) is 40.0 Å². The van der Waals surface area contributed by atoms with Crippen LogP contribution < -0.4 is 10.4 Å². The van der Waals surface area contributed by atoms with Crippen molar-refractivity contribution in [2.45, 2.75) is 26.9 Å². The zero-order chi connectivity index (χ0) is 21.3. The lowest BCUT2D eigenvalue weighted by Crippen LogP contribution is -2.13. The van der Waals surface area contributed by atoms with Gasteiger partial charge in [0.2, 0.25) is 0 Å². The van der Waals surface area contributed by atoms with Gasteiger partial charge in [-0.25, -0.2) is 9.59 Å². The Labute approximate surface area is 173 Å².